The SMILES string of the molecule is Cc1nn(CC(=O)NCCc2nc3ccccc3s2)c(C)c1[N+](=O)[O-]. The summed E-state index contributed by atoms with van der Waals surface area (Å²) in [5.41, 5.74) is 1.61. The maximum atomic E-state index is 12.1. The topological polar surface area (TPSA) is 103 Å². The number of benzene rings is 1. The number of hydrogen-bond donors (Lipinski definition) is 1. The fourth-order valence-electron chi connectivity index (χ4n) is 2.63. The van der Waals surface area contributed by atoms with Crippen LogP contribution in [0.15, 0.2) is 24.3 Å². The summed E-state index contributed by atoms with van der Waals surface area (Å²) in [7, 11) is 0. The number of fused-ring (bicyclic) bond motifs is 1. The number of para-hydroxylation sites is 1. The Morgan fingerprint density at radius 3 is 2.80 bits per heavy atom. The Hall–Kier alpha value is -2.81. The van der Waals surface area contributed by atoms with Crippen LogP contribution in [0.25, 0.3) is 10.2 Å². The molecular weight excluding hydrogens is 342 g/mol. The van der Waals surface area contributed by atoms with E-state index in [2.05, 4.69) is 15.4 Å². The van der Waals surface area contributed by atoms with Crippen LogP contribution in [0.2, 0.25) is 0 Å². The molecule has 9 heteroatoms. The summed E-state index contributed by atoms with van der Waals surface area (Å²) in [6, 6.07) is 7.90. The van der Waals surface area contributed by atoms with Crippen molar-refractivity contribution in [3.63, 3.8) is 0 Å². The smallest absolute Gasteiger partial charge is 0.312 e. The van der Waals surface area contributed by atoms with Crippen LogP contribution >= 0.6 is 11.3 Å². The van der Waals surface area contributed by atoms with E-state index in [4.69, 9.17) is 0 Å². The number of nitro groups is 1. The predicted octanol–water partition coefficient (Wildman–Crippen LogP) is 2.38. The van der Waals surface area contributed by atoms with E-state index in [-0.39, 0.29) is 18.1 Å². The number of aryl methyl sites for hydroxylation is 1. The Balaban J connectivity index is 1.56. The average molecular weight is 359 g/mol. The van der Waals surface area contributed by atoms with E-state index >= 15 is 0 Å². The first-order valence-corrected chi connectivity index (χ1v) is 8.57. The molecule has 1 amide bonds. The average Bonchev–Trinajstić information content (AvgIpc) is 3.07. The van der Waals surface area contributed by atoms with Crippen LogP contribution in [0, 0.1) is 24.0 Å². The third-order valence-electron chi connectivity index (χ3n) is 3.82. The molecule has 1 N–H and O–H groups in total. The third kappa shape index (κ3) is 3.66. The predicted molar refractivity (Wildman–Crippen MR) is 94.7 cm³/mol. The van der Waals surface area contributed by atoms with Crippen LogP contribution in [0.4, 0.5) is 5.69 Å². The summed E-state index contributed by atoms with van der Waals surface area (Å²) in [6.07, 6.45) is 0.641. The van der Waals surface area contributed by atoms with Gasteiger partial charge in [0, 0.05) is 13.0 Å². The van der Waals surface area contributed by atoms with Gasteiger partial charge in [-0.2, -0.15) is 5.10 Å². The highest BCUT2D eigenvalue weighted by Gasteiger charge is 2.22. The molecule has 0 saturated heterocycles. The molecule has 0 atom stereocenters. The van der Waals surface area contributed by atoms with Crippen molar-refractivity contribution >= 4 is 33.1 Å². The quantitative estimate of drug-likeness (QED) is 0.538. The zero-order chi connectivity index (χ0) is 18.0. The van der Waals surface area contributed by atoms with E-state index in [0.29, 0.717) is 24.4 Å². The molecule has 0 radical (unpaired) electrons. The van der Waals surface area contributed by atoms with Crippen LogP contribution < -0.4 is 5.32 Å². The van der Waals surface area contributed by atoms with Gasteiger partial charge < -0.3 is 5.32 Å². The Bertz CT molecular complexity index is 914. The number of carbonyl (C=O) groups excluding carboxylic acids is 1. The van der Waals surface area contributed by atoms with Gasteiger partial charge in [0.2, 0.25) is 5.91 Å². The summed E-state index contributed by atoms with van der Waals surface area (Å²) in [5.74, 6) is -0.235. The molecule has 25 heavy (non-hydrogen) atoms. The fourth-order valence-corrected chi connectivity index (χ4v) is 3.60. The second kappa shape index (κ2) is 6.98. The van der Waals surface area contributed by atoms with E-state index in [9.17, 15) is 14.9 Å². The standard InChI is InChI=1S/C16H17N5O3S/c1-10-16(21(23)24)11(2)20(19-10)9-14(22)17-8-7-15-18-12-5-3-4-6-13(12)25-15/h3-6H,7-9H2,1-2H3,(H,17,22). The van der Waals surface area contributed by atoms with Gasteiger partial charge in [-0.05, 0) is 26.0 Å². The Morgan fingerprint density at radius 1 is 1.36 bits per heavy atom. The summed E-state index contributed by atoms with van der Waals surface area (Å²) in [6.45, 7) is 3.57. The molecule has 0 spiro atoms. The molecule has 2 aromatic heterocycles. The monoisotopic (exact) mass is 359 g/mol. The Labute approximate surface area is 147 Å². The lowest BCUT2D eigenvalue weighted by molar-refractivity contribution is -0.386. The van der Waals surface area contributed by atoms with Crippen LogP contribution in [0.5, 0.6) is 0 Å². The molecule has 3 aromatic rings. The maximum absolute atomic E-state index is 12.1. The van der Waals surface area contributed by atoms with Gasteiger partial charge in [-0.15, -0.1) is 11.3 Å². The number of thiazole rings is 1. The van der Waals surface area contributed by atoms with Gasteiger partial charge in [-0.3, -0.25) is 19.6 Å². The van der Waals surface area contributed by atoms with E-state index in [1.807, 2.05) is 24.3 Å². The molecule has 0 aliphatic carbocycles. The van der Waals surface area contributed by atoms with Gasteiger partial charge in [0.25, 0.3) is 0 Å². The highest BCUT2D eigenvalue weighted by Crippen LogP contribution is 2.22. The number of aromatic nitrogens is 3. The van der Waals surface area contributed by atoms with Gasteiger partial charge in [-0.1, -0.05) is 12.1 Å². The summed E-state index contributed by atoms with van der Waals surface area (Å²) in [5, 5.41) is 18.8. The van der Waals surface area contributed by atoms with E-state index in [1.54, 1.807) is 25.2 Å². The normalized spacial score (nSPS) is 11.0. The van der Waals surface area contributed by atoms with Crippen molar-refractivity contribution in [1.82, 2.24) is 20.1 Å². The lowest BCUT2D eigenvalue weighted by Crippen LogP contribution is -2.30. The number of rotatable bonds is 6. The fraction of sp³-hybridized carbons (Fsp3) is 0.312. The summed E-state index contributed by atoms with van der Waals surface area (Å²) < 4.78 is 2.49. The highest BCUT2D eigenvalue weighted by molar-refractivity contribution is 7.18. The zero-order valence-corrected chi connectivity index (χ0v) is 14.7. The lowest BCUT2D eigenvalue weighted by Gasteiger charge is -2.05. The molecule has 0 fully saturated rings. The molecule has 3 rings (SSSR count). The van der Waals surface area contributed by atoms with Gasteiger partial charge in [0.05, 0.1) is 20.1 Å². The number of nitrogens with one attached hydrogen (secondary N) is 1. The molecule has 0 saturated carbocycles. The Morgan fingerprint density at radius 2 is 2.12 bits per heavy atom. The van der Waals surface area contributed by atoms with E-state index < -0.39 is 4.92 Å². The molecule has 2 heterocycles. The molecule has 8 nitrogen and oxygen atoms in total. The van der Waals surface area contributed by atoms with Gasteiger partial charge in [0.1, 0.15) is 17.9 Å². The summed E-state index contributed by atoms with van der Waals surface area (Å²) >= 11 is 1.61. The Kier molecular flexibility index (Phi) is 4.75. The number of amides is 1. The van der Waals surface area contributed by atoms with E-state index in [0.717, 1.165) is 15.2 Å². The molecule has 0 unspecified atom stereocenters. The first-order chi connectivity index (χ1) is 12.0. The summed E-state index contributed by atoms with van der Waals surface area (Å²) in [4.78, 5) is 27.1. The third-order valence-corrected chi connectivity index (χ3v) is 4.91. The van der Waals surface area contributed by atoms with Crippen molar-refractivity contribution in [3.05, 3.63) is 50.8 Å². The second-order valence-corrected chi connectivity index (χ2v) is 6.72. The molecule has 0 aliphatic heterocycles. The van der Waals surface area contributed by atoms with Crippen molar-refractivity contribution in [3.8, 4) is 0 Å². The molecular formula is C16H17N5O3S. The molecule has 1 aromatic carbocycles. The van der Waals surface area contributed by atoms with Crippen molar-refractivity contribution in [2.24, 2.45) is 0 Å². The largest absolute Gasteiger partial charge is 0.354 e. The van der Waals surface area contributed by atoms with Crippen LogP contribution in [0.3, 0.4) is 0 Å². The van der Waals surface area contributed by atoms with Crippen LogP contribution in [0.1, 0.15) is 16.4 Å². The molecule has 130 valence electrons. The maximum Gasteiger partial charge on any atom is 0.312 e. The van der Waals surface area contributed by atoms with Crippen molar-refractivity contribution < 1.29 is 9.72 Å². The van der Waals surface area contributed by atoms with Crippen LogP contribution in [-0.2, 0) is 17.8 Å². The van der Waals surface area contributed by atoms with Gasteiger partial charge in [-0.25, -0.2) is 4.98 Å². The van der Waals surface area contributed by atoms with Crippen molar-refractivity contribution in [1.29, 1.82) is 0 Å². The van der Waals surface area contributed by atoms with Crippen molar-refractivity contribution in [2.45, 2.75) is 26.8 Å². The number of carbonyl (C=O) groups is 1. The van der Waals surface area contributed by atoms with Crippen molar-refractivity contribution in [2.75, 3.05) is 6.54 Å². The highest BCUT2D eigenvalue weighted by atomic mass is 32.1. The minimum absolute atomic E-state index is 0.0396. The minimum atomic E-state index is -0.473. The minimum Gasteiger partial charge on any atom is -0.354 e. The number of nitrogens with zero attached hydrogens (tertiary/aromatic N) is 4. The second-order valence-electron chi connectivity index (χ2n) is 5.61. The van der Waals surface area contributed by atoms with Gasteiger partial charge in [0.15, 0.2) is 0 Å². The molecule has 0 bridgehead atoms. The van der Waals surface area contributed by atoms with Gasteiger partial charge >= 0.3 is 5.69 Å². The first kappa shape index (κ1) is 17.0. The van der Waals surface area contributed by atoms with E-state index in [1.165, 1.54) is 4.68 Å². The first-order valence-electron chi connectivity index (χ1n) is 7.75. The lowest BCUT2D eigenvalue weighted by atomic mass is 10.3. The number of hydrogen-bond acceptors (Lipinski definition) is 6. The molecule has 0 aliphatic rings. The zero-order valence-electron chi connectivity index (χ0n) is 13.9. The van der Waals surface area contributed by atoms with Crippen LogP contribution in [-0.4, -0.2) is 32.1 Å².